The van der Waals surface area contributed by atoms with E-state index in [1.165, 1.54) is 6.26 Å². The third-order valence-corrected chi connectivity index (χ3v) is 3.16. The molecule has 0 aromatic carbocycles. The molecule has 0 spiro atoms. The number of rotatable bonds is 2. The van der Waals surface area contributed by atoms with E-state index in [1.54, 1.807) is 11.0 Å². The number of amides is 1. The maximum Gasteiger partial charge on any atom is 0.276 e. The van der Waals surface area contributed by atoms with Gasteiger partial charge in [0, 0.05) is 24.5 Å². The van der Waals surface area contributed by atoms with Crippen LogP contribution in [0.1, 0.15) is 17.4 Å². The van der Waals surface area contributed by atoms with Crippen LogP contribution in [0.4, 0.5) is 0 Å². The molecule has 2 rings (SSSR count). The van der Waals surface area contributed by atoms with Crippen LogP contribution in [0, 0.1) is 0 Å². The fourth-order valence-electron chi connectivity index (χ4n) is 1.78. The van der Waals surface area contributed by atoms with Crippen molar-refractivity contribution in [3.8, 4) is 0 Å². The van der Waals surface area contributed by atoms with Gasteiger partial charge in [0.05, 0.1) is 12.2 Å². The number of aromatic nitrogens is 1. The van der Waals surface area contributed by atoms with Gasteiger partial charge in [-0.15, -0.1) is 0 Å². The molecule has 1 saturated heterocycles. The summed E-state index contributed by atoms with van der Waals surface area (Å²) in [6.45, 7) is 3.13. The van der Waals surface area contributed by atoms with Crippen LogP contribution < -0.4 is 0 Å². The summed E-state index contributed by atoms with van der Waals surface area (Å²) in [7, 11) is 0. The van der Waals surface area contributed by atoms with Crippen molar-refractivity contribution < 1.29 is 14.1 Å². The van der Waals surface area contributed by atoms with Crippen molar-refractivity contribution >= 4 is 21.8 Å². The molecule has 0 aliphatic carbocycles. The van der Waals surface area contributed by atoms with Crippen molar-refractivity contribution in [2.24, 2.45) is 0 Å². The molecule has 2 atom stereocenters. The van der Waals surface area contributed by atoms with Gasteiger partial charge in [-0.1, -0.05) is 21.1 Å². The second kappa shape index (κ2) is 4.97. The van der Waals surface area contributed by atoms with E-state index in [0.29, 0.717) is 18.8 Å². The van der Waals surface area contributed by atoms with E-state index in [-0.39, 0.29) is 18.1 Å². The van der Waals surface area contributed by atoms with Crippen molar-refractivity contribution in [2.75, 3.05) is 18.4 Å². The number of carbonyl (C=O) groups is 1. The molecule has 0 radical (unpaired) electrons. The second-order valence-electron chi connectivity index (χ2n) is 3.82. The lowest BCUT2D eigenvalue weighted by Crippen LogP contribution is -2.49. The van der Waals surface area contributed by atoms with E-state index in [2.05, 4.69) is 25.6 Å². The Labute approximate surface area is 102 Å². The van der Waals surface area contributed by atoms with E-state index in [0.717, 1.165) is 5.33 Å². The Kier molecular flexibility index (Phi) is 3.60. The number of ether oxygens (including phenoxy) is 1. The van der Waals surface area contributed by atoms with Gasteiger partial charge in [-0.2, -0.15) is 0 Å². The van der Waals surface area contributed by atoms with Crippen LogP contribution in [0.2, 0.25) is 0 Å². The number of alkyl halides is 1. The first kappa shape index (κ1) is 11.6. The monoisotopic (exact) mass is 288 g/mol. The van der Waals surface area contributed by atoms with E-state index in [4.69, 9.17) is 4.74 Å². The van der Waals surface area contributed by atoms with Gasteiger partial charge in [0.1, 0.15) is 6.26 Å². The zero-order chi connectivity index (χ0) is 11.5. The molecule has 1 aromatic heterocycles. The summed E-state index contributed by atoms with van der Waals surface area (Å²) in [6.07, 6.45) is 1.49. The molecule has 0 saturated carbocycles. The number of hydrogen-bond donors (Lipinski definition) is 0. The molecule has 1 aromatic rings. The summed E-state index contributed by atoms with van der Waals surface area (Å²) >= 11 is 3.37. The molecule has 2 heterocycles. The van der Waals surface area contributed by atoms with Gasteiger partial charge >= 0.3 is 0 Å². The summed E-state index contributed by atoms with van der Waals surface area (Å²) < 4.78 is 10.3. The average Bonchev–Trinajstić information content (AvgIpc) is 2.80. The fraction of sp³-hybridized carbons (Fsp3) is 0.600. The molecule has 0 bridgehead atoms. The Bertz CT molecular complexity index is 355. The minimum absolute atomic E-state index is 0.0413. The van der Waals surface area contributed by atoms with Crippen LogP contribution in [0.25, 0.3) is 0 Å². The molecule has 6 heteroatoms. The zero-order valence-corrected chi connectivity index (χ0v) is 10.5. The smallest absolute Gasteiger partial charge is 0.276 e. The van der Waals surface area contributed by atoms with Crippen LogP contribution in [0.15, 0.2) is 16.9 Å². The van der Waals surface area contributed by atoms with Crippen molar-refractivity contribution in [3.05, 3.63) is 18.0 Å². The summed E-state index contributed by atoms with van der Waals surface area (Å²) in [4.78, 5) is 13.7. The SMILES string of the molecule is CC1CN(C(=O)c2ccon2)CC(CBr)O1. The highest BCUT2D eigenvalue weighted by Crippen LogP contribution is 2.15. The largest absolute Gasteiger partial charge is 0.371 e. The van der Waals surface area contributed by atoms with E-state index in [1.807, 2.05) is 6.92 Å². The highest BCUT2D eigenvalue weighted by Gasteiger charge is 2.29. The molecule has 5 nitrogen and oxygen atoms in total. The molecule has 1 fully saturated rings. The third-order valence-electron chi connectivity index (χ3n) is 2.44. The molecule has 0 N–H and O–H groups in total. The molecule has 88 valence electrons. The lowest BCUT2D eigenvalue weighted by atomic mass is 10.2. The molecule has 1 aliphatic rings. The van der Waals surface area contributed by atoms with Crippen LogP contribution in [0.5, 0.6) is 0 Å². The number of hydrogen-bond acceptors (Lipinski definition) is 4. The van der Waals surface area contributed by atoms with Crippen LogP contribution in [-0.4, -0.2) is 46.6 Å². The number of nitrogens with zero attached hydrogens (tertiary/aromatic N) is 2. The Balaban J connectivity index is 2.06. The molecular weight excluding hydrogens is 276 g/mol. The van der Waals surface area contributed by atoms with Gasteiger partial charge in [0.25, 0.3) is 5.91 Å². The molecular formula is C10H13BrN2O3. The standard InChI is InChI=1S/C10H13BrN2O3/c1-7-5-13(6-8(4-11)16-7)10(14)9-2-3-15-12-9/h2-3,7-8H,4-6H2,1H3. The zero-order valence-electron chi connectivity index (χ0n) is 8.93. The van der Waals surface area contributed by atoms with Crippen LogP contribution >= 0.6 is 15.9 Å². The first-order valence-electron chi connectivity index (χ1n) is 5.11. The summed E-state index contributed by atoms with van der Waals surface area (Å²) in [5.74, 6) is -0.102. The van der Waals surface area contributed by atoms with Gasteiger partial charge < -0.3 is 14.2 Å². The highest BCUT2D eigenvalue weighted by atomic mass is 79.9. The van der Waals surface area contributed by atoms with E-state index >= 15 is 0 Å². The van der Waals surface area contributed by atoms with Gasteiger partial charge in [0.15, 0.2) is 5.69 Å². The fourth-order valence-corrected chi connectivity index (χ4v) is 2.14. The van der Waals surface area contributed by atoms with Gasteiger partial charge in [-0.05, 0) is 6.92 Å². The van der Waals surface area contributed by atoms with E-state index in [9.17, 15) is 4.79 Å². The maximum absolute atomic E-state index is 12.0. The molecule has 1 aliphatic heterocycles. The Morgan fingerprint density at radius 2 is 2.50 bits per heavy atom. The first-order valence-corrected chi connectivity index (χ1v) is 6.24. The quantitative estimate of drug-likeness (QED) is 0.770. The summed E-state index contributed by atoms with van der Waals surface area (Å²) in [5.41, 5.74) is 0.349. The summed E-state index contributed by atoms with van der Waals surface area (Å²) in [5, 5.41) is 4.37. The number of carbonyl (C=O) groups excluding carboxylic acids is 1. The topological polar surface area (TPSA) is 55.6 Å². The molecule has 1 amide bonds. The number of morpholine rings is 1. The lowest BCUT2D eigenvalue weighted by molar-refractivity contribution is -0.0561. The van der Waals surface area contributed by atoms with Crippen molar-refractivity contribution in [3.63, 3.8) is 0 Å². The molecule has 2 unspecified atom stereocenters. The van der Waals surface area contributed by atoms with Gasteiger partial charge in [-0.25, -0.2) is 0 Å². The average molecular weight is 289 g/mol. The minimum Gasteiger partial charge on any atom is -0.371 e. The Morgan fingerprint density at radius 1 is 1.69 bits per heavy atom. The van der Waals surface area contributed by atoms with Crippen molar-refractivity contribution in [2.45, 2.75) is 19.1 Å². The van der Waals surface area contributed by atoms with Crippen LogP contribution in [0.3, 0.4) is 0 Å². The third kappa shape index (κ3) is 2.44. The predicted octanol–water partition coefficient (Wildman–Crippen LogP) is 1.30. The van der Waals surface area contributed by atoms with Gasteiger partial charge in [-0.3, -0.25) is 4.79 Å². The van der Waals surface area contributed by atoms with Crippen LogP contribution in [-0.2, 0) is 4.74 Å². The highest BCUT2D eigenvalue weighted by molar-refractivity contribution is 9.09. The van der Waals surface area contributed by atoms with Crippen molar-refractivity contribution in [1.29, 1.82) is 0 Å². The summed E-state index contributed by atoms with van der Waals surface area (Å²) in [6, 6.07) is 1.58. The Hall–Kier alpha value is -0.880. The van der Waals surface area contributed by atoms with E-state index < -0.39 is 0 Å². The molecule has 16 heavy (non-hydrogen) atoms. The minimum atomic E-state index is -0.102. The Morgan fingerprint density at radius 3 is 3.12 bits per heavy atom. The second-order valence-corrected chi connectivity index (χ2v) is 4.47. The normalized spacial score (nSPS) is 25.8. The lowest BCUT2D eigenvalue weighted by Gasteiger charge is -2.35. The number of halogens is 1. The van der Waals surface area contributed by atoms with Crippen molar-refractivity contribution in [1.82, 2.24) is 10.1 Å². The maximum atomic E-state index is 12.0. The first-order chi connectivity index (χ1) is 7.70. The van der Waals surface area contributed by atoms with Gasteiger partial charge in [0.2, 0.25) is 0 Å². The predicted molar refractivity (Wildman–Crippen MR) is 60.5 cm³/mol.